The van der Waals surface area contributed by atoms with Crippen LogP contribution in [0.3, 0.4) is 0 Å². The van der Waals surface area contributed by atoms with Gasteiger partial charge in [0.05, 0.1) is 6.07 Å². The van der Waals surface area contributed by atoms with Gasteiger partial charge in [0.15, 0.2) is 0 Å². The predicted molar refractivity (Wildman–Crippen MR) is 80.2 cm³/mol. The lowest BCUT2D eigenvalue weighted by molar-refractivity contribution is -0.141. The van der Waals surface area contributed by atoms with Gasteiger partial charge in [-0.25, -0.2) is 0 Å². The monoisotopic (exact) mass is 286 g/mol. The second kappa shape index (κ2) is 6.23. The minimum absolute atomic E-state index is 0.178. The van der Waals surface area contributed by atoms with Gasteiger partial charge in [-0.05, 0) is 6.07 Å². The molecular formula is C16H22N4O. The van der Waals surface area contributed by atoms with Crippen LogP contribution in [-0.2, 0) is 4.79 Å². The fraction of sp³-hybridized carbons (Fsp3) is 0.562. The summed E-state index contributed by atoms with van der Waals surface area (Å²) >= 11 is 0. The van der Waals surface area contributed by atoms with Crippen molar-refractivity contribution in [3.05, 3.63) is 30.1 Å². The van der Waals surface area contributed by atoms with Crippen LogP contribution in [0.5, 0.6) is 0 Å². The number of pyridine rings is 1. The van der Waals surface area contributed by atoms with Gasteiger partial charge in [0.2, 0.25) is 5.91 Å². The molecule has 1 aliphatic heterocycles. The number of piperazine rings is 1. The van der Waals surface area contributed by atoms with Crippen molar-refractivity contribution in [1.82, 2.24) is 14.8 Å². The summed E-state index contributed by atoms with van der Waals surface area (Å²) in [5, 5.41) is 9.44. The molecule has 1 fully saturated rings. The third-order valence-corrected chi connectivity index (χ3v) is 3.73. The van der Waals surface area contributed by atoms with E-state index in [1.165, 1.54) is 0 Å². The molecule has 2 heterocycles. The first-order valence-electron chi connectivity index (χ1n) is 7.26. The number of aromatic nitrogens is 1. The van der Waals surface area contributed by atoms with Crippen LogP contribution >= 0.6 is 0 Å². The summed E-state index contributed by atoms with van der Waals surface area (Å²) in [6.07, 6.45) is 3.44. The molecule has 112 valence electrons. The van der Waals surface area contributed by atoms with Crippen molar-refractivity contribution in [1.29, 1.82) is 5.26 Å². The summed E-state index contributed by atoms with van der Waals surface area (Å²) in [7, 11) is 0. The molecule has 1 atom stereocenters. The van der Waals surface area contributed by atoms with E-state index in [4.69, 9.17) is 0 Å². The van der Waals surface area contributed by atoms with E-state index in [9.17, 15) is 10.1 Å². The van der Waals surface area contributed by atoms with Crippen molar-refractivity contribution in [2.24, 2.45) is 5.41 Å². The van der Waals surface area contributed by atoms with Crippen LogP contribution < -0.4 is 0 Å². The summed E-state index contributed by atoms with van der Waals surface area (Å²) in [6, 6.07) is 5.83. The maximum atomic E-state index is 12.3. The molecule has 1 unspecified atom stereocenters. The first kappa shape index (κ1) is 15.5. The van der Waals surface area contributed by atoms with Gasteiger partial charge in [-0.3, -0.25) is 14.7 Å². The summed E-state index contributed by atoms with van der Waals surface area (Å²) in [6.45, 7) is 8.60. The Labute approximate surface area is 126 Å². The minimum Gasteiger partial charge on any atom is -0.340 e. The molecular weight excluding hydrogens is 264 g/mol. The van der Waals surface area contributed by atoms with Crippen molar-refractivity contribution >= 4 is 5.91 Å². The highest BCUT2D eigenvalue weighted by Gasteiger charge is 2.31. The van der Waals surface area contributed by atoms with Crippen molar-refractivity contribution in [2.45, 2.75) is 26.8 Å². The third kappa shape index (κ3) is 3.59. The fourth-order valence-electron chi connectivity index (χ4n) is 2.56. The highest BCUT2D eigenvalue weighted by atomic mass is 16.2. The molecule has 5 nitrogen and oxygen atoms in total. The number of hydrogen-bond donors (Lipinski definition) is 0. The van der Waals surface area contributed by atoms with Gasteiger partial charge in [-0.2, -0.15) is 5.26 Å². The van der Waals surface area contributed by atoms with Crippen LogP contribution in [-0.4, -0.2) is 46.9 Å². The van der Waals surface area contributed by atoms with E-state index in [2.05, 4.69) is 16.0 Å². The van der Waals surface area contributed by atoms with E-state index in [1.807, 2.05) is 37.8 Å². The molecule has 1 aromatic rings. The Kier molecular flexibility index (Phi) is 4.59. The van der Waals surface area contributed by atoms with Gasteiger partial charge in [0.1, 0.15) is 6.04 Å². The second-order valence-electron chi connectivity index (χ2n) is 6.40. The first-order chi connectivity index (χ1) is 9.93. The molecule has 0 bridgehead atoms. The minimum atomic E-state index is -0.347. The molecule has 2 rings (SSSR count). The molecule has 5 heteroatoms. The van der Waals surface area contributed by atoms with E-state index < -0.39 is 0 Å². The zero-order valence-corrected chi connectivity index (χ0v) is 12.9. The molecule has 0 aromatic carbocycles. The maximum absolute atomic E-state index is 12.3. The Morgan fingerprint density at radius 2 is 2.00 bits per heavy atom. The molecule has 1 aliphatic rings. The average molecular weight is 286 g/mol. The normalized spacial score (nSPS) is 18.1. The van der Waals surface area contributed by atoms with E-state index in [1.54, 1.807) is 12.4 Å². The molecule has 1 aromatic heterocycles. The van der Waals surface area contributed by atoms with Crippen LogP contribution in [0.25, 0.3) is 0 Å². The van der Waals surface area contributed by atoms with Crippen molar-refractivity contribution in [3.63, 3.8) is 0 Å². The Hall–Kier alpha value is -1.93. The van der Waals surface area contributed by atoms with Crippen molar-refractivity contribution in [2.75, 3.05) is 26.2 Å². The van der Waals surface area contributed by atoms with Gasteiger partial charge >= 0.3 is 0 Å². The Bertz CT molecular complexity index is 521. The van der Waals surface area contributed by atoms with Crippen LogP contribution in [0.15, 0.2) is 24.5 Å². The zero-order chi connectivity index (χ0) is 15.5. The number of nitriles is 1. The van der Waals surface area contributed by atoms with E-state index >= 15 is 0 Å². The van der Waals surface area contributed by atoms with Crippen LogP contribution in [0, 0.1) is 16.7 Å². The molecule has 0 aliphatic carbocycles. The van der Waals surface area contributed by atoms with Crippen LogP contribution in [0.1, 0.15) is 32.4 Å². The Morgan fingerprint density at radius 1 is 1.33 bits per heavy atom. The quantitative estimate of drug-likeness (QED) is 0.832. The number of carbonyl (C=O) groups excluding carboxylic acids is 1. The lowest BCUT2D eigenvalue weighted by atomic mass is 9.94. The molecule has 0 saturated carbocycles. The largest absolute Gasteiger partial charge is 0.340 e. The molecule has 1 saturated heterocycles. The molecule has 0 N–H and O–H groups in total. The summed E-state index contributed by atoms with van der Waals surface area (Å²) in [5.41, 5.74) is 0.566. The number of rotatable bonds is 2. The summed E-state index contributed by atoms with van der Waals surface area (Å²) in [5.74, 6) is 0.178. The first-order valence-corrected chi connectivity index (χ1v) is 7.26. The predicted octanol–water partition coefficient (Wildman–Crippen LogP) is 1.84. The maximum Gasteiger partial charge on any atom is 0.228 e. The number of carbonyl (C=O) groups is 1. The van der Waals surface area contributed by atoms with Gasteiger partial charge in [-0.1, -0.05) is 26.8 Å². The van der Waals surface area contributed by atoms with Crippen molar-refractivity contribution < 1.29 is 4.79 Å². The lowest BCUT2D eigenvalue weighted by Gasteiger charge is -2.39. The smallest absolute Gasteiger partial charge is 0.228 e. The van der Waals surface area contributed by atoms with Crippen LogP contribution in [0.2, 0.25) is 0 Å². The molecule has 0 spiro atoms. The summed E-state index contributed by atoms with van der Waals surface area (Å²) < 4.78 is 0. The Morgan fingerprint density at radius 3 is 2.48 bits per heavy atom. The Balaban J connectivity index is 2.01. The highest BCUT2D eigenvalue weighted by molar-refractivity contribution is 5.81. The third-order valence-electron chi connectivity index (χ3n) is 3.73. The summed E-state index contributed by atoms with van der Waals surface area (Å²) in [4.78, 5) is 20.4. The molecule has 1 amide bonds. The fourth-order valence-corrected chi connectivity index (χ4v) is 2.56. The van der Waals surface area contributed by atoms with E-state index in [0.29, 0.717) is 13.1 Å². The van der Waals surface area contributed by atoms with Gasteiger partial charge in [0.25, 0.3) is 0 Å². The van der Waals surface area contributed by atoms with Gasteiger partial charge < -0.3 is 4.90 Å². The van der Waals surface area contributed by atoms with Crippen molar-refractivity contribution in [3.8, 4) is 6.07 Å². The molecule has 21 heavy (non-hydrogen) atoms. The zero-order valence-electron chi connectivity index (χ0n) is 12.9. The van der Waals surface area contributed by atoms with E-state index in [0.717, 1.165) is 18.7 Å². The molecule has 0 radical (unpaired) electrons. The number of amides is 1. The number of nitrogens with zero attached hydrogens (tertiary/aromatic N) is 4. The topological polar surface area (TPSA) is 60.2 Å². The standard InChI is InChI=1S/C16H22N4O/c1-16(2,3)15(21)20-9-7-19(8-10-20)14(11-17)13-5-4-6-18-12-13/h4-6,12,14H,7-10H2,1-3H3. The van der Waals surface area contributed by atoms with Gasteiger partial charge in [0, 0.05) is 49.6 Å². The second-order valence-corrected chi connectivity index (χ2v) is 6.40. The van der Waals surface area contributed by atoms with E-state index in [-0.39, 0.29) is 17.4 Å². The van der Waals surface area contributed by atoms with Gasteiger partial charge in [-0.15, -0.1) is 0 Å². The lowest BCUT2D eigenvalue weighted by Crippen LogP contribution is -2.52. The average Bonchev–Trinajstić information content (AvgIpc) is 2.48. The van der Waals surface area contributed by atoms with Crippen LogP contribution in [0.4, 0.5) is 0 Å². The number of hydrogen-bond acceptors (Lipinski definition) is 4. The SMILES string of the molecule is CC(C)(C)C(=O)N1CCN(C(C#N)c2cccnc2)CC1. The highest BCUT2D eigenvalue weighted by Crippen LogP contribution is 2.23.